The number of nitrogens with zero attached hydrogens (tertiary/aromatic N) is 2. The third kappa shape index (κ3) is 3.25. The Labute approximate surface area is 89.3 Å². The van der Waals surface area contributed by atoms with Crippen molar-refractivity contribution < 1.29 is 0 Å². The van der Waals surface area contributed by atoms with Crippen molar-refractivity contribution in [2.75, 3.05) is 26.2 Å². The Bertz CT molecular complexity index is 170. The van der Waals surface area contributed by atoms with Crippen molar-refractivity contribution in [1.82, 2.24) is 9.80 Å². The molecular formula is C12H26N2. The van der Waals surface area contributed by atoms with Crippen molar-refractivity contribution in [2.45, 2.75) is 52.6 Å². The zero-order valence-corrected chi connectivity index (χ0v) is 10.5. The summed E-state index contributed by atoms with van der Waals surface area (Å²) in [4.78, 5) is 5.20. The fraction of sp³-hybridized carbons (Fsp3) is 1.00. The van der Waals surface area contributed by atoms with Crippen LogP contribution in [0.1, 0.15) is 41.0 Å². The summed E-state index contributed by atoms with van der Waals surface area (Å²) in [6.07, 6.45) is 1.31. The molecule has 0 aliphatic carbocycles. The Morgan fingerprint density at radius 2 is 1.57 bits per heavy atom. The van der Waals surface area contributed by atoms with Crippen LogP contribution in [0.2, 0.25) is 0 Å². The van der Waals surface area contributed by atoms with E-state index in [2.05, 4.69) is 44.4 Å². The van der Waals surface area contributed by atoms with Crippen LogP contribution in [0.4, 0.5) is 0 Å². The minimum Gasteiger partial charge on any atom is -0.300 e. The summed E-state index contributed by atoms with van der Waals surface area (Å²) in [6, 6.07) is 0.704. The van der Waals surface area contributed by atoms with Gasteiger partial charge < -0.3 is 0 Å². The van der Waals surface area contributed by atoms with E-state index in [1.807, 2.05) is 0 Å². The first-order valence-electron chi connectivity index (χ1n) is 5.90. The minimum absolute atomic E-state index is 0.340. The van der Waals surface area contributed by atoms with Gasteiger partial charge in [-0.15, -0.1) is 0 Å². The highest BCUT2D eigenvalue weighted by Crippen LogP contribution is 2.16. The van der Waals surface area contributed by atoms with Gasteiger partial charge in [0, 0.05) is 24.7 Å². The number of hydrogen-bond donors (Lipinski definition) is 0. The molecule has 1 rings (SSSR count). The van der Waals surface area contributed by atoms with E-state index in [1.54, 1.807) is 0 Å². The lowest BCUT2D eigenvalue weighted by molar-refractivity contribution is 0.137. The molecule has 14 heavy (non-hydrogen) atoms. The fourth-order valence-electron chi connectivity index (χ4n) is 2.12. The summed E-state index contributed by atoms with van der Waals surface area (Å²) in [5.74, 6) is 0. The second-order valence-electron chi connectivity index (χ2n) is 5.64. The largest absolute Gasteiger partial charge is 0.300 e. The Hall–Kier alpha value is -0.0800. The van der Waals surface area contributed by atoms with Crippen LogP contribution >= 0.6 is 0 Å². The van der Waals surface area contributed by atoms with Gasteiger partial charge >= 0.3 is 0 Å². The molecule has 0 aromatic heterocycles. The van der Waals surface area contributed by atoms with Gasteiger partial charge in [0.15, 0.2) is 0 Å². The van der Waals surface area contributed by atoms with Gasteiger partial charge in [-0.3, -0.25) is 9.80 Å². The second kappa shape index (κ2) is 4.63. The molecule has 2 nitrogen and oxygen atoms in total. The zero-order chi connectivity index (χ0) is 10.8. The van der Waals surface area contributed by atoms with Gasteiger partial charge in [-0.25, -0.2) is 0 Å². The highest BCUT2D eigenvalue weighted by molar-refractivity contribution is 4.80. The van der Waals surface area contributed by atoms with E-state index in [4.69, 9.17) is 0 Å². The van der Waals surface area contributed by atoms with E-state index >= 15 is 0 Å². The summed E-state index contributed by atoms with van der Waals surface area (Å²) < 4.78 is 0. The van der Waals surface area contributed by atoms with Crippen LogP contribution in [-0.4, -0.2) is 47.6 Å². The van der Waals surface area contributed by atoms with Gasteiger partial charge in [0.2, 0.25) is 0 Å². The van der Waals surface area contributed by atoms with Crippen molar-refractivity contribution in [2.24, 2.45) is 0 Å². The molecule has 0 amide bonds. The van der Waals surface area contributed by atoms with Crippen LogP contribution in [0, 0.1) is 0 Å². The molecule has 1 saturated heterocycles. The molecule has 0 N–H and O–H groups in total. The van der Waals surface area contributed by atoms with E-state index in [0.29, 0.717) is 11.6 Å². The first-order chi connectivity index (χ1) is 6.41. The monoisotopic (exact) mass is 198 g/mol. The van der Waals surface area contributed by atoms with Gasteiger partial charge in [-0.1, -0.05) is 0 Å². The number of rotatable bonds is 1. The van der Waals surface area contributed by atoms with E-state index in [-0.39, 0.29) is 0 Å². The first-order valence-corrected chi connectivity index (χ1v) is 5.90. The van der Waals surface area contributed by atoms with Gasteiger partial charge in [0.05, 0.1) is 0 Å². The predicted octanol–water partition coefficient (Wildman–Crippen LogP) is 2.20. The Morgan fingerprint density at radius 1 is 0.929 bits per heavy atom. The summed E-state index contributed by atoms with van der Waals surface area (Å²) in [7, 11) is 0. The quantitative estimate of drug-likeness (QED) is 0.637. The van der Waals surface area contributed by atoms with Crippen LogP contribution in [0.25, 0.3) is 0 Å². The molecule has 0 saturated carbocycles. The number of hydrogen-bond acceptors (Lipinski definition) is 2. The molecule has 0 aromatic carbocycles. The predicted molar refractivity (Wildman–Crippen MR) is 62.7 cm³/mol. The van der Waals surface area contributed by atoms with Gasteiger partial charge in [-0.2, -0.15) is 0 Å². The minimum atomic E-state index is 0.340. The maximum absolute atomic E-state index is 2.61. The maximum atomic E-state index is 2.61. The normalized spacial score (nSPS) is 22.7. The summed E-state index contributed by atoms with van der Waals surface area (Å²) in [6.45, 7) is 16.5. The van der Waals surface area contributed by atoms with Gasteiger partial charge in [0.1, 0.15) is 0 Å². The van der Waals surface area contributed by atoms with E-state index in [9.17, 15) is 0 Å². The first kappa shape index (κ1) is 12.0. The highest BCUT2D eigenvalue weighted by atomic mass is 15.3. The average molecular weight is 198 g/mol. The molecule has 1 aliphatic rings. The molecule has 1 fully saturated rings. The van der Waals surface area contributed by atoms with Crippen LogP contribution in [0.15, 0.2) is 0 Å². The van der Waals surface area contributed by atoms with E-state index < -0.39 is 0 Å². The van der Waals surface area contributed by atoms with E-state index in [0.717, 1.165) is 0 Å². The zero-order valence-electron chi connectivity index (χ0n) is 10.5. The van der Waals surface area contributed by atoms with Crippen LogP contribution in [0.5, 0.6) is 0 Å². The Kier molecular flexibility index (Phi) is 3.96. The molecule has 0 aromatic rings. The maximum Gasteiger partial charge on any atom is 0.0125 e. The van der Waals surface area contributed by atoms with Crippen LogP contribution in [-0.2, 0) is 0 Å². The molecule has 0 bridgehead atoms. The van der Waals surface area contributed by atoms with Crippen molar-refractivity contribution in [3.8, 4) is 0 Å². The summed E-state index contributed by atoms with van der Waals surface area (Å²) in [5.41, 5.74) is 0.340. The van der Waals surface area contributed by atoms with Crippen LogP contribution < -0.4 is 0 Å². The SMILES string of the molecule is CC(C)N1CCCN(C(C)(C)C)CC1. The lowest BCUT2D eigenvalue weighted by Crippen LogP contribution is -2.44. The van der Waals surface area contributed by atoms with Gasteiger partial charge in [-0.05, 0) is 54.1 Å². The lowest BCUT2D eigenvalue weighted by atomic mass is 10.1. The topological polar surface area (TPSA) is 6.48 Å². The third-order valence-electron chi connectivity index (χ3n) is 3.21. The van der Waals surface area contributed by atoms with E-state index in [1.165, 1.54) is 32.6 Å². The standard InChI is InChI=1S/C12H26N2/c1-11(2)13-7-6-8-14(10-9-13)12(3,4)5/h11H,6-10H2,1-5H3. The fourth-order valence-corrected chi connectivity index (χ4v) is 2.12. The molecule has 1 aliphatic heterocycles. The lowest BCUT2D eigenvalue weighted by Gasteiger charge is -2.34. The van der Waals surface area contributed by atoms with Crippen molar-refractivity contribution >= 4 is 0 Å². The van der Waals surface area contributed by atoms with Crippen LogP contribution in [0.3, 0.4) is 0 Å². The molecule has 0 atom stereocenters. The second-order valence-corrected chi connectivity index (χ2v) is 5.64. The van der Waals surface area contributed by atoms with Crippen molar-refractivity contribution in [1.29, 1.82) is 0 Å². The van der Waals surface area contributed by atoms with Crippen molar-refractivity contribution in [3.63, 3.8) is 0 Å². The molecule has 0 radical (unpaired) electrons. The summed E-state index contributed by atoms with van der Waals surface area (Å²) >= 11 is 0. The molecule has 0 spiro atoms. The molecule has 2 heteroatoms. The van der Waals surface area contributed by atoms with Gasteiger partial charge in [0.25, 0.3) is 0 Å². The Morgan fingerprint density at radius 3 is 2.07 bits per heavy atom. The highest BCUT2D eigenvalue weighted by Gasteiger charge is 2.24. The molecule has 0 unspecified atom stereocenters. The smallest absolute Gasteiger partial charge is 0.0125 e. The van der Waals surface area contributed by atoms with Crippen molar-refractivity contribution in [3.05, 3.63) is 0 Å². The average Bonchev–Trinajstić information content (AvgIpc) is 2.26. The summed E-state index contributed by atoms with van der Waals surface area (Å²) in [5, 5.41) is 0. The third-order valence-corrected chi connectivity index (χ3v) is 3.21. The molecular weight excluding hydrogens is 172 g/mol. The molecule has 1 heterocycles. The molecule has 84 valence electrons. The Balaban J connectivity index is 2.49.